The molecule has 1 saturated carbocycles. The van der Waals surface area contributed by atoms with Gasteiger partial charge in [0.15, 0.2) is 0 Å². The molecule has 3 heteroatoms. The van der Waals surface area contributed by atoms with Gasteiger partial charge in [-0.1, -0.05) is 6.07 Å². The van der Waals surface area contributed by atoms with Crippen molar-refractivity contribution in [2.24, 2.45) is 0 Å². The molecule has 0 saturated heterocycles. The number of aryl methyl sites for hydroxylation is 1. The average molecular weight is 220 g/mol. The zero-order valence-corrected chi connectivity index (χ0v) is 9.83. The molecule has 2 rings (SSSR count). The first-order chi connectivity index (χ1) is 7.51. The minimum Gasteiger partial charge on any atom is -0.496 e. The molecule has 0 aromatic heterocycles. The van der Waals surface area contributed by atoms with Crippen LogP contribution in [0.2, 0.25) is 0 Å². The van der Waals surface area contributed by atoms with E-state index < -0.39 is 11.4 Å². The second-order valence-electron chi connectivity index (χ2n) is 4.51. The van der Waals surface area contributed by atoms with Crippen molar-refractivity contribution in [3.63, 3.8) is 0 Å². The summed E-state index contributed by atoms with van der Waals surface area (Å²) in [7, 11) is 1.62. The van der Waals surface area contributed by atoms with Crippen LogP contribution in [0.3, 0.4) is 0 Å². The van der Waals surface area contributed by atoms with Crippen LogP contribution in [0, 0.1) is 13.8 Å². The third-order valence-corrected chi connectivity index (χ3v) is 3.55. The number of carboxylic acid groups (broad SMARTS) is 1. The van der Waals surface area contributed by atoms with Crippen LogP contribution in [0.25, 0.3) is 0 Å². The van der Waals surface area contributed by atoms with Crippen molar-refractivity contribution in [3.8, 4) is 5.75 Å². The van der Waals surface area contributed by atoms with Gasteiger partial charge in [0.05, 0.1) is 12.5 Å². The summed E-state index contributed by atoms with van der Waals surface area (Å²) in [6, 6.07) is 3.84. The summed E-state index contributed by atoms with van der Waals surface area (Å²) in [5, 5.41) is 9.24. The lowest BCUT2D eigenvalue weighted by Crippen LogP contribution is -2.19. The Morgan fingerprint density at radius 3 is 2.44 bits per heavy atom. The van der Waals surface area contributed by atoms with Crippen molar-refractivity contribution >= 4 is 5.97 Å². The van der Waals surface area contributed by atoms with Gasteiger partial charge in [-0.3, -0.25) is 4.79 Å². The van der Waals surface area contributed by atoms with E-state index >= 15 is 0 Å². The number of methoxy groups -OCH3 is 1. The van der Waals surface area contributed by atoms with Crippen LogP contribution in [0.5, 0.6) is 5.75 Å². The van der Waals surface area contributed by atoms with Crippen molar-refractivity contribution < 1.29 is 14.6 Å². The molecular formula is C13H16O3. The molecule has 0 unspecified atom stereocenters. The molecule has 0 heterocycles. The van der Waals surface area contributed by atoms with Gasteiger partial charge in [-0.2, -0.15) is 0 Å². The molecule has 0 atom stereocenters. The molecule has 0 radical (unpaired) electrons. The number of rotatable bonds is 3. The standard InChI is InChI=1S/C13H16O3/c1-8-6-10(7-11(16-3)9(8)2)13(4-5-13)12(14)15/h6-7H,4-5H2,1-3H3,(H,14,15). The Morgan fingerprint density at radius 1 is 1.38 bits per heavy atom. The normalized spacial score (nSPS) is 16.9. The summed E-state index contributed by atoms with van der Waals surface area (Å²) in [6.07, 6.45) is 1.46. The average Bonchev–Trinajstić information content (AvgIpc) is 3.02. The van der Waals surface area contributed by atoms with Crippen LogP contribution < -0.4 is 4.74 Å². The predicted molar refractivity (Wildman–Crippen MR) is 61.0 cm³/mol. The fourth-order valence-electron chi connectivity index (χ4n) is 2.07. The summed E-state index contributed by atoms with van der Waals surface area (Å²) >= 11 is 0. The number of carbonyl (C=O) groups is 1. The molecule has 1 N–H and O–H groups in total. The van der Waals surface area contributed by atoms with Crippen LogP contribution in [-0.2, 0) is 10.2 Å². The number of hydrogen-bond donors (Lipinski definition) is 1. The minimum atomic E-state index is -0.724. The van der Waals surface area contributed by atoms with Crippen molar-refractivity contribution in [3.05, 3.63) is 28.8 Å². The van der Waals surface area contributed by atoms with Gasteiger partial charge >= 0.3 is 5.97 Å². The summed E-state index contributed by atoms with van der Waals surface area (Å²) < 4.78 is 5.28. The third-order valence-electron chi connectivity index (χ3n) is 3.55. The molecule has 0 spiro atoms. The van der Waals surface area contributed by atoms with E-state index in [-0.39, 0.29) is 0 Å². The fourth-order valence-corrected chi connectivity index (χ4v) is 2.07. The summed E-state index contributed by atoms with van der Waals surface area (Å²) in [4.78, 5) is 11.2. The number of hydrogen-bond acceptors (Lipinski definition) is 2. The Hall–Kier alpha value is -1.51. The highest BCUT2D eigenvalue weighted by Crippen LogP contribution is 2.49. The second kappa shape index (κ2) is 3.51. The Kier molecular flexibility index (Phi) is 2.41. The van der Waals surface area contributed by atoms with Gasteiger partial charge in [0.1, 0.15) is 5.75 Å². The molecule has 1 fully saturated rings. The first-order valence-corrected chi connectivity index (χ1v) is 5.40. The monoisotopic (exact) mass is 220 g/mol. The molecule has 16 heavy (non-hydrogen) atoms. The largest absolute Gasteiger partial charge is 0.496 e. The molecule has 1 aliphatic carbocycles. The Labute approximate surface area is 95.0 Å². The van der Waals surface area contributed by atoms with Gasteiger partial charge in [0.2, 0.25) is 0 Å². The van der Waals surface area contributed by atoms with E-state index in [1.54, 1.807) is 7.11 Å². The van der Waals surface area contributed by atoms with E-state index in [4.69, 9.17) is 4.74 Å². The maximum atomic E-state index is 11.2. The molecular weight excluding hydrogens is 204 g/mol. The number of aliphatic carboxylic acids is 1. The zero-order valence-electron chi connectivity index (χ0n) is 9.83. The highest BCUT2D eigenvalue weighted by Gasteiger charge is 2.52. The highest BCUT2D eigenvalue weighted by molar-refractivity contribution is 5.85. The highest BCUT2D eigenvalue weighted by atomic mass is 16.5. The van der Waals surface area contributed by atoms with Crippen LogP contribution >= 0.6 is 0 Å². The van der Waals surface area contributed by atoms with E-state index in [2.05, 4.69) is 0 Å². The van der Waals surface area contributed by atoms with Crippen LogP contribution in [0.15, 0.2) is 12.1 Å². The smallest absolute Gasteiger partial charge is 0.314 e. The van der Waals surface area contributed by atoms with Gasteiger partial charge in [-0.25, -0.2) is 0 Å². The Balaban J connectivity index is 2.51. The molecule has 0 aliphatic heterocycles. The number of benzene rings is 1. The SMILES string of the molecule is COc1cc(C2(C(=O)O)CC2)cc(C)c1C. The maximum Gasteiger partial charge on any atom is 0.314 e. The van der Waals surface area contributed by atoms with Gasteiger partial charge < -0.3 is 9.84 Å². The quantitative estimate of drug-likeness (QED) is 0.851. The third kappa shape index (κ3) is 1.47. The van der Waals surface area contributed by atoms with Crippen LogP contribution in [-0.4, -0.2) is 18.2 Å². The molecule has 0 bridgehead atoms. The van der Waals surface area contributed by atoms with E-state index in [9.17, 15) is 9.90 Å². The Bertz CT molecular complexity index is 445. The first-order valence-electron chi connectivity index (χ1n) is 5.40. The summed E-state index contributed by atoms with van der Waals surface area (Å²) in [6.45, 7) is 3.97. The second-order valence-corrected chi connectivity index (χ2v) is 4.51. The molecule has 1 aromatic carbocycles. The molecule has 1 aromatic rings. The zero-order chi connectivity index (χ0) is 11.9. The van der Waals surface area contributed by atoms with Crippen molar-refractivity contribution in [2.45, 2.75) is 32.1 Å². The van der Waals surface area contributed by atoms with Crippen molar-refractivity contribution in [2.75, 3.05) is 7.11 Å². The van der Waals surface area contributed by atoms with E-state index in [1.807, 2.05) is 26.0 Å². The lowest BCUT2D eigenvalue weighted by molar-refractivity contribution is -0.140. The molecule has 1 aliphatic rings. The van der Waals surface area contributed by atoms with Crippen LogP contribution in [0.4, 0.5) is 0 Å². The van der Waals surface area contributed by atoms with E-state index in [0.29, 0.717) is 0 Å². The number of carboxylic acids is 1. The topological polar surface area (TPSA) is 46.5 Å². The summed E-state index contributed by atoms with van der Waals surface area (Å²) in [5.41, 5.74) is 2.39. The van der Waals surface area contributed by atoms with Crippen molar-refractivity contribution in [1.29, 1.82) is 0 Å². The van der Waals surface area contributed by atoms with Gasteiger partial charge in [0.25, 0.3) is 0 Å². The fraction of sp³-hybridized carbons (Fsp3) is 0.462. The molecule has 0 amide bonds. The lowest BCUT2D eigenvalue weighted by Gasteiger charge is -2.15. The van der Waals surface area contributed by atoms with E-state index in [1.165, 1.54) is 0 Å². The van der Waals surface area contributed by atoms with Crippen molar-refractivity contribution in [1.82, 2.24) is 0 Å². The molecule has 86 valence electrons. The predicted octanol–water partition coefficient (Wildman–Crippen LogP) is 2.43. The van der Waals surface area contributed by atoms with Gasteiger partial charge in [0, 0.05) is 0 Å². The minimum absolute atomic E-state index is 0.647. The molecule has 3 nitrogen and oxygen atoms in total. The van der Waals surface area contributed by atoms with Gasteiger partial charge in [-0.05, 0) is 49.4 Å². The maximum absolute atomic E-state index is 11.2. The van der Waals surface area contributed by atoms with Crippen LogP contribution in [0.1, 0.15) is 29.5 Å². The number of ether oxygens (including phenoxy) is 1. The first kappa shape index (κ1) is 11.0. The van der Waals surface area contributed by atoms with Gasteiger partial charge in [-0.15, -0.1) is 0 Å². The van der Waals surface area contributed by atoms with E-state index in [0.717, 1.165) is 35.3 Å². The lowest BCUT2D eigenvalue weighted by atomic mass is 9.92. The Morgan fingerprint density at radius 2 is 2.00 bits per heavy atom. The summed E-state index contributed by atoms with van der Waals surface area (Å²) in [5.74, 6) is 0.0559.